The van der Waals surface area contributed by atoms with E-state index in [1.165, 1.54) is 24.4 Å². The lowest BCUT2D eigenvalue weighted by Gasteiger charge is -2.04. The van der Waals surface area contributed by atoms with Crippen LogP contribution in [-0.4, -0.2) is 26.2 Å². The molecule has 0 amide bonds. The third-order valence-electron chi connectivity index (χ3n) is 3.04. The zero-order chi connectivity index (χ0) is 15.7. The molecule has 0 bridgehead atoms. The maximum absolute atomic E-state index is 14.2. The topological polar surface area (TPSA) is 89.1 Å². The molecule has 0 spiro atoms. The molecule has 6 nitrogen and oxygen atoms in total. The Labute approximate surface area is 124 Å². The van der Waals surface area contributed by atoms with E-state index in [0.717, 1.165) is 0 Å². The van der Waals surface area contributed by atoms with Crippen molar-refractivity contribution in [3.8, 4) is 22.6 Å². The highest BCUT2D eigenvalue weighted by molar-refractivity contribution is 5.87. The lowest BCUT2D eigenvalue weighted by molar-refractivity contribution is 0.0696. The molecule has 1 N–H and O–H groups in total. The predicted molar refractivity (Wildman–Crippen MR) is 74.6 cm³/mol. The van der Waals surface area contributed by atoms with Crippen LogP contribution < -0.4 is 0 Å². The Morgan fingerprint density at radius 3 is 2.64 bits per heavy atom. The minimum Gasteiger partial charge on any atom is -0.478 e. The molecular weight excluding hydrogens is 289 g/mol. The van der Waals surface area contributed by atoms with Crippen LogP contribution in [0.15, 0.2) is 41.1 Å². The first-order chi connectivity index (χ1) is 10.5. The fourth-order valence-electron chi connectivity index (χ4n) is 1.96. The molecule has 0 aliphatic carbocycles. The van der Waals surface area contributed by atoms with Crippen LogP contribution in [-0.2, 0) is 0 Å². The molecule has 2 aromatic heterocycles. The third-order valence-corrected chi connectivity index (χ3v) is 3.04. The molecule has 1 aromatic carbocycles. The van der Waals surface area contributed by atoms with Crippen molar-refractivity contribution in [3.05, 3.63) is 53.8 Å². The number of nitrogens with zero attached hydrogens (tertiary/aromatic N) is 3. The summed E-state index contributed by atoms with van der Waals surface area (Å²) in [6.45, 7) is 1.65. The van der Waals surface area contributed by atoms with Crippen LogP contribution in [0.1, 0.15) is 16.2 Å². The molecule has 0 saturated carbocycles. The van der Waals surface area contributed by atoms with Gasteiger partial charge in [-0.05, 0) is 24.3 Å². The zero-order valence-electron chi connectivity index (χ0n) is 11.4. The van der Waals surface area contributed by atoms with Crippen molar-refractivity contribution in [2.75, 3.05) is 0 Å². The monoisotopic (exact) mass is 299 g/mol. The normalized spacial score (nSPS) is 10.6. The Hall–Kier alpha value is -3.09. The smallest absolute Gasteiger partial charge is 0.337 e. The van der Waals surface area contributed by atoms with Gasteiger partial charge in [-0.2, -0.15) is 4.98 Å². The second-order valence-corrected chi connectivity index (χ2v) is 4.57. The molecule has 0 unspecified atom stereocenters. The fourth-order valence-corrected chi connectivity index (χ4v) is 1.96. The summed E-state index contributed by atoms with van der Waals surface area (Å²) < 4.78 is 19.1. The van der Waals surface area contributed by atoms with E-state index in [1.807, 2.05) is 0 Å². The fraction of sp³-hybridized carbons (Fsp3) is 0.0667. The Kier molecular flexibility index (Phi) is 3.38. The molecule has 0 aliphatic heterocycles. The predicted octanol–water partition coefficient (Wildman–Crippen LogP) is 2.94. The van der Waals surface area contributed by atoms with Crippen LogP contribution in [0.5, 0.6) is 0 Å². The molecule has 0 radical (unpaired) electrons. The largest absolute Gasteiger partial charge is 0.478 e. The first-order valence-corrected chi connectivity index (χ1v) is 6.34. The number of carbonyl (C=O) groups is 1. The van der Waals surface area contributed by atoms with Gasteiger partial charge in [-0.15, -0.1) is 0 Å². The number of carboxylic acids is 1. The Balaban J connectivity index is 1.96. The van der Waals surface area contributed by atoms with Crippen LogP contribution in [0.2, 0.25) is 0 Å². The number of rotatable bonds is 3. The standard InChI is InChI=1S/C15H10FN3O3/c1-8-18-14(19-22-8)9-2-4-11(12(16)6-9)13-5-3-10(7-17-13)15(20)21/h2-7H,1H3,(H,20,21). The van der Waals surface area contributed by atoms with Crippen LogP contribution >= 0.6 is 0 Å². The third kappa shape index (κ3) is 2.56. The average molecular weight is 299 g/mol. The molecule has 3 aromatic rings. The summed E-state index contributed by atoms with van der Waals surface area (Å²) >= 11 is 0. The van der Waals surface area contributed by atoms with E-state index in [4.69, 9.17) is 9.63 Å². The zero-order valence-corrected chi connectivity index (χ0v) is 11.4. The number of aromatic carboxylic acids is 1. The Bertz CT molecular complexity index is 843. The van der Waals surface area contributed by atoms with Gasteiger partial charge < -0.3 is 9.63 Å². The lowest BCUT2D eigenvalue weighted by Crippen LogP contribution is -1.97. The van der Waals surface area contributed by atoms with Gasteiger partial charge in [0, 0.05) is 24.2 Å². The molecule has 0 aliphatic rings. The van der Waals surface area contributed by atoms with Gasteiger partial charge in [0.2, 0.25) is 11.7 Å². The van der Waals surface area contributed by atoms with Crippen LogP contribution in [0.3, 0.4) is 0 Å². The number of pyridine rings is 1. The first kappa shape index (κ1) is 13.9. The van der Waals surface area contributed by atoms with E-state index < -0.39 is 11.8 Å². The van der Waals surface area contributed by atoms with Gasteiger partial charge in [-0.25, -0.2) is 9.18 Å². The summed E-state index contributed by atoms with van der Waals surface area (Å²) in [6, 6.07) is 7.31. The van der Waals surface area contributed by atoms with E-state index in [-0.39, 0.29) is 11.1 Å². The number of hydrogen-bond acceptors (Lipinski definition) is 5. The second-order valence-electron chi connectivity index (χ2n) is 4.57. The number of benzene rings is 1. The summed E-state index contributed by atoms with van der Waals surface area (Å²) in [5.41, 5.74) is 1.14. The number of halogens is 1. The van der Waals surface area contributed by atoms with E-state index in [2.05, 4.69) is 15.1 Å². The van der Waals surface area contributed by atoms with Crippen molar-refractivity contribution in [1.29, 1.82) is 0 Å². The minimum atomic E-state index is -1.08. The molecule has 0 fully saturated rings. The maximum atomic E-state index is 14.2. The highest BCUT2D eigenvalue weighted by Crippen LogP contribution is 2.25. The number of hydrogen-bond donors (Lipinski definition) is 1. The maximum Gasteiger partial charge on any atom is 0.337 e. The SMILES string of the molecule is Cc1nc(-c2ccc(-c3ccc(C(=O)O)cn3)c(F)c2)no1. The second kappa shape index (κ2) is 5.36. The highest BCUT2D eigenvalue weighted by Gasteiger charge is 2.12. The number of aromatic nitrogens is 3. The van der Waals surface area contributed by atoms with E-state index in [9.17, 15) is 9.18 Å². The first-order valence-electron chi connectivity index (χ1n) is 6.34. The van der Waals surface area contributed by atoms with Gasteiger partial charge in [-0.1, -0.05) is 11.2 Å². The van der Waals surface area contributed by atoms with Crippen LogP contribution in [0.4, 0.5) is 4.39 Å². The molecular formula is C15H10FN3O3. The average Bonchev–Trinajstić information content (AvgIpc) is 2.94. The highest BCUT2D eigenvalue weighted by atomic mass is 19.1. The molecule has 110 valence electrons. The van der Waals surface area contributed by atoms with E-state index in [0.29, 0.717) is 23.0 Å². The van der Waals surface area contributed by atoms with Gasteiger partial charge in [0.25, 0.3) is 0 Å². The van der Waals surface area contributed by atoms with Gasteiger partial charge >= 0.3 is 5.97 Å². The van der Waals surface area contributed by atoms with Crippen molar-refractivity contribution in [2.24, 2.45) is 0 Å². The minimum absolute atomic E-state index is 0.0445. The quantitative estimate of drug-likeness (QED) is 0.799. The Morgan fingerprint density at radius 2 is 2.09 bits per heavy atom. The van der Waals surface area contributed by atoms with Crippen molar-refractivity contribution in [1.82, 2.24) is 15.1 Å². The summed E-state index contributed by atoms with van der Waals surface area (Å²) in [7, 11) is 0. The van der Waals surface area contributed by atoms with Gasteiger partial charge in [0.15, 0.2) is 0 Å². The van der Waals surface area contributed by atoms with Crippen molar-refractivity contribution in [2.45, 2.75) is 6.92 Å². The van der Waals surface area contributed by atoms with Crippen LogP contribution in [0, 0.1) is 12.7 Å². The summed E-state index contributed by atoms with van der Waals surface area (Å²) in [4.78, 5) is 18.8. The van der Waals surface area contributed by atoms with Gasteiger partial charge in [-0.3, -0.25) is 4.98 Å². The molecule has 3 rings (SSSR count). The van der Waals surface area contributed by atoms with Gasteiger partial charge in [0.1, 0.15) is 5.82 Å². The van der Waals surface area contributed by atoms with Gasteiger partial charge in [0.05, 0.1) is 11.3 Å². The molecule has 2 heterocycles. The molecule has 22 heavy (non-hydrogen) atoms. The van der Waals surface area contributed by atoms with E-state index in [1.54, 1.807) is 19.1 Å². The van der Waals surface area contributed by atoms with Crippen LogP contribution in [0.25, 0.3) is 22.6 Å². The number of carboxylic acid groups (broad SMARTS) is 1. The summed E-state index contributed by atoms with van der Waals surface area (Å²) in [5.74, 6) is -0.889. The van der Waals surface area contributed by atoms with Crippen molar-refractivity contribution in [3.63, 3.8) is 0 Å². The molecule has 7 heteroatoms. The molecule has 0 atom stereocenters. The van der Waals surface area contributed by atoms with Crippen molar-refractivity contribution < 1.29 is 18.8 Å². The summed E-state index contributed by atoms with van der Waals surface area (Å²) in [6.07, 6.45) is 1.19. The van der Waals surface area contributed by atoms with E-state index >= 15 is 0 Å². The Morgan fingerprint density at radius 1 is 1.27 bits per heavy atom. The molecule has 0 saturated heterocycles. The summed E-state index contributed by atoms with van der Waals surface area (Å²) in [5, 5.41) is 12.6. The number of aryl methyl sites for hydroxylation is 1. The lowest BCUT2D eigenvalue weighted by atomic mass is 10.1. The van der Waals surface area contributed by atoms with Crippen molar-refractivity contribution >= 4 is 5.97 Å².